The van der Waals surface area contributed by atoms with Gasteiger partial charge in [-0.3, -0.25) is 9.59 Å². The number of Topliss-reactive ketones (excluding diaryl/α,β-unsaturated/α-hetero) is 1. The lowest BCUT2D eigenvalue weighted by Gasteiger charge is -2.34. The van der Waals surface area contributed by atoms with Gasteiger partial charge in [0, 0.05) is 12.8 Å². The first kappa shape index (κ1) is 20.1. The molecular formula is C19H34O3Si. The minimum Gasteiger partial charge on any atom is -0.459 e. The van der Waals surface area contributed by atoms with E-state index in [0.717, 1.165) is 19.3 Å². The fourth-order valence-corrected chi connectivity index (χ4v) is 4.57. The second-order valence-electron chi connectivity index (χ2n) is 8.88. The molecule has 23 heavy (non-hydrogen) atoms. The first-order valence-electron chi connectivity index (χ1n) is 8.90. The molecule has 1 aliphatic carbocycles. The van der Waals surface area contributed by atoms with Crippen LogP contribution in [0.5, 0.6) is 0 Å². The summed E-state index contributed by atoms with van der Waals surface area (Å²) in [5.74, 6) is -0.171. The minimum absolute atomic E-state index is 0.203. The zero-order valence-corrected chi connectivity index (χ0v) is 17.0. The molecule has 1 saturated carbocycles. The van der Waals surface area contributed by atoms with Crippen LogP contribution in [-0.4, -0.2) is 25.4 Å². The Labute approximate surface area is 142 Å². The second-order valence-corrected chi connectivity index (χ2v) is 13.9. The monoisotopic (exact) mass is 338 g/mol. The van der Waals surface area contributed by atoms with E-state index in [1.165, 1.54) is 5.57 Å². The van der Waals surface area contributed by atoms with Crippen molar-refractivity contribution < 1.29 is 14.3 Å². The Kier molecular flexibility index (Phi) is 6.81. The van der Waals surface area contributed by atoms with Crippen LogP contribution in [0.1, 0.15) is 59.8 Å². The van der Waals surface area contributed by atoms with Crippen molar-refractivity contribution in [3.8, 4) is 0 Å². The molecule has 0 saturated heterocycles. The summed E-state index contributed by atoms with van der Waals surface area (Å²) in [6, 6.07) is 0. The predicted molar refractivity (Wildman–Crippen MR) is 98.0 cm³/mol. The molecule has 0 aromatic rings. The van der Waals surface area contributed by atoms with Gasteiger partial charge in [-0.2, -0.15) is 0 Å². The third-order valence-corrected chi connectivity index (χ3v) is 5.18. The lowest BCUT2D eigenvalue weighted by atomic mass is 9.74. The van der Waals surface area contributed by atoms with E-state index in [0.29, 0.717) is 12.8 Å². The molecule has 132 valence electrons. The van der Waals surface area contributed by atoms with Gasteiger partial charge in [-0.25, -0.2) is 0 Å². The maximum atomic E-state index is 12.7. The molecule has 1 rings (SSSR count). The van der Waals surface area contributed by atoms with E-state index in [1.54, 1.807) is 0 Å². The maximum absolute atomic E-state index is 12.7. The Bertz CT molecular complexity index is 466. The Morgan fingerprint density at radius 2 is 1.87 bits per heavy atom. The van der Waals surface area contributed by atoms with Gasteiger partial charge in [-0.05, 0) is 33.1 Å². The molecule has 0 aliphatic heterocycles. The normalized spacial score (nSPS) is 24.8. The van der Waals surface area contributed by atoms with E-state index in [1.807, 2.05) is 20.8 Å². The zero-order valence-electron chi connectivity index (χ0n) is 16.0. The molecule has 0 unspecified atom stereocenters. The number of ether oxygens (including phenoxy) is 1. The van der Waals surface area contributed by atoms with Crippen LogP contribution in [0.3, 0.4) is 0 Å². The van der Waals surface area contributed by atoms with E-state index in [2.05, 4.69) is 32.3 Å². The van der Waals surface area contributed by atoms with E-state index >= 15 is 0 Å². The summed E-state index contributed by atoms with van der Waals surface area (Å²) >= 11 is 0. The lowest BCUT2D eigenvalue weighted by molar-refractivity contribution is -0.160. The third-order valence-electron chi connectivity index (χ3n) is 3.98. The van der Waals surface area contributed by atoms with Crippen LogP contribution in [-0.2, 0) is 14.3 Å². The number of rotatable bonds is 5. The molecule has 1 aliphatic rings. The highest BCUT2D eigenvalue weighted by atomic mass is 28.3. The molecule has 4 heteroatoms. The van der Waals surface area contributed by atoms with Crippen LogP contribution in [0.25, 0.3) is 0 Å². The summed E-state index contributed by atoms with van der Waals surface area (Å²) in [6.07, 6.45) is 4.12. The molecule has 3 nitrogen and oxygen atoms in total. The number of hydrogen-bond donors (Lipinski definition) is 0. The second kappa shape index (κ2) is 7.78. The number of esters is 1. The SMILES string of the molecule is CCCC[C@@H]1CC(=O)C[C@@H](C(=O)OC(C)(C)C)/C1=C/[Si](C)(C)C. The van der Waals surface area contributed by atoms with Crippen LogP contribution >= 0.6 is 0 Å². The quantitative estimate of drug-likeness (QED) is 0.528. The summed E-state index contributed by atoms with van der Waals surface area (Å²) in [5.41, 5.74) is 3.02. The number of unbranched alkanes of at least 4 members (excludes halogenated alkanes) is 1. The third kappa shape index (κ3) is 7.02. The molecule has 0 bridgehead atoms. The van der Waals surface area contributed by atoms with Crippen molar-refractivity contribution in [3.63, 3.8) is 0 Å². The van der Waals surface area contributed by atoms with Gasteiger partial charge >= 0.3 is 5.97 Å². The Balaban J connectivity index is 3.13. The molecule has 0 spiro atoms. The van der Waals surface area contributed by atoms with Crippen molar-refractivity contribution in [1.29, 1.82) is 0 Å². The van der Waals surface area contributed by atoms with Gasteiger partial charge in [0.05, 0.1) is 14.0 Å². The standard InChI is InChI=1S/C19H34O3Si/c1-8-9-10-14-11-15(20)12-16(17(14)13-23(5,6)7)18(21)22-19(2,3)4/h13-14,16H,8-12H2,1-7H3/b17-13+/t14-,16-/m1/s1. The smallest absolute Gasteiger partial charge is 0.314 e. The number of ketones is 1. The van der Waals surface area contributed by atoms with Crippen LogP contribution in [0.15, 0.2) is 11.3 Å². The summed E-state index contributed by atoms with van der Waals surface area (Å²) in [6.45, 7) is 14.6. The van der Waals surface area contributed by atoms with Crippen molar-refractivity contribution in [3.05, 3.63) is 11.3 Å². The molecule has 0 N–H and O–H groups in total. The van der Waals surface area contributed by atoms with Crippen LogP contribution in [0.4, 0.5) is 0 Å². The first-order valence-corrected chi connectivity index (χ1v) is 12.5. The molecule has 0 aromatic heterocycles. The summed E-state index contributed by atoms with van der Waals surface area (Å²) in [4.78, 5) is 24.9. The van der Waals surface area contributed by atoms with Gasteiger partial charge < -0.3 is 4.74 Å². The van der Waals surface area contributed by atoms with Crippen molar-refractivity contribution in [2.75, 3.05) is 0 Å². The predicted octanol–water partition coefficient (Wildman–Crippen LogP) is 4.92. The van der Waals surface area contributed by atoms with Crippen molar-refractivity contribution in [2.45, 2.75) is 85.0 Å². The van der Waals surface area contributed by atoms with E-state index in [9.17, 15) is 9.59 Å². The Morgan fingerprint density at radius 3 is 2.35 bits per heavy atom. The first-order chi connectivity index (χ1) is 10.4. The van der Waals surface area contributed by atoms with Crippen LogP contribution in [0, 0.1) is 11.8 Å². The van der Waals surface area contributed by atoms with E-state index in [4.69, 9.17) is 4.74 Å². The minimum atomic E-state index is -1.48. The average molecular weight is 339 g/mol. The lowest BCUT2D eigenvalue weighted by Crippen LogP contribution is -2.37. The Hall–Kier alpha value is -0.903. The Morgan fingerprint density at radius 1 is 1.26 bits per heavy atom. The summed E-state index contributed by atoms with van der Waals surface area (Å²) in [5, 5.41) is 0. The van der Waals surface area contributed by atoms with Crippen molar-refractivity contribution in [2.24, 2.45) is 11.8 Å². The highest BCUT2D eigenvalue weighted by Gasteiger charge is 2.38. The topological polar surface area (TPSA) is 43.4 Å². The van der Waals surface area contributed by atoms with Gasteiger partial charge in [0.2, 0.25) is 0 Å². The maximum Gasteiger partial charge on any atom is 0.314 e. The molecular weight excluding hydrogens is 304 g/mol. The summed E-state index contributed by atoms with van der Waals surface area (Å²) < 4.78 is 5.61. The molecule has 0 aromatic carbocycles. The fraction of sp³-hybridized carbons (Fsp3) is 0.789. The molecule has 0 radical (unpaired) electrons. The zero-order chi connectivity index (χ0) is 17.8. The van der Waals surface area contributed by atoms with E-state index < -0.39 is 13.7 Å². The van der Waals surface area contributed by atoms with Crippen molar-refractivity contribution in [1.82, 2.24) is 0 Å². The molecule has 0 amide bonds. The molecule has 0 heterocycles. The van der Waals surface area contributed by atoms with Crippen molar-refractivity contribution >= 4 is 19.8 Å². The highest BCUT2D eigenvalue weighted by molar-refractivity contribution is 6.81. The molecule has 1 fully saturated rings. The van der Waals surface area contributed by atoms with Gasteiger partial charge in [0.25, 0.3) is 0 Å². The number of carbonyl (C=O) groups is 2. The van der Waals surface area contributed by atoms with Gasteiger partial charge in [0.1, 0.15) is 11.4 Å². The fourth-order valence-electron chi connectivity index (χ4n) is 3.14. The largest absolute Gasteiger partial charge is 0.459 e. The summed E-state index contributed by atoms with van der Waals surface area (Å²) in [7, 11) is -1.48. The number of hydrogen-bond acceptors (Lipinski definition) is 3. The van der Waals surface area contributed by atoms with Gasteiger partial charge in [-0.1, -0.05) is 50.7 Å². The highest BCUT2D eigenvalue weighted by Crippen LogP contribution is 2.38. The van der Waals surface area contributed by atoms with Gasteiger partial charge in [0.15, 0.2) is 0 Å². The van der Waals surface area contributed by atoms with Gasteiger partial charge in [-0.15, -0.1) is 0 Å². The average Bonchev–Trinajstić information content (AvgIpc) is 2.34. The van der Waals surface area contributed by atoms with Crippen LogP contribution in [0.2, 0.25) is 19.6 Å². The van der Waals surface area contributed by atoms with E-state index in [-0.39, 0.29) is 23.6 Å². The van der Waals surface area contributed by atoms with Crippen LogP contribution < -0.4 is 0 Å². The molecule has 2 atom stereocenters. The number of carbonyl (C=O) groups excluding carboxylic acids is 2.